The molecule has 6 rings (SSSR count). The SMILES string of the molecule is C[C@@H]1[C@@H]([Si](C)(C)O)[C@H](CC(=O)N(CCO)Cc2ccccc2)O[C@@]12C(=O)N(Cc1ccc(NC(=O)[C@H]3CCCN3)cc1)c1ccc(Br)cc12. The molecule has 0 unspecified atom stereocenters. The molecule has 0 aliphatic carbocycles. The topological polar surface area (TPSA) is 131 Å². The first-order valence-electron chi connectivity index (χ1n) is 17.0. The summed E-state index contributed by atoms with van der Waals surface area (Å²) >= 11 is 3.60. The van der Waals surface area contributed by atoms with Crippen LogP contribution in [-0.2, 0) is 37.8 Å². The van der Waals surface area contributed by atoms with Gasteiger partial charge in [0.25, 0.3) is 5.91 Å². The highest BCUT2D eigenvalue weighted by Gasteiger charge is 2.66. The van der Waals surface area contributed by atoms with E-state index in [1.165, 1.54) is 0 Å². The van der Waals surface area contributed by atoms with Crippen LogP contribution in [0, 0.1) is 5.92 Å². The first-order chi connectivity index (χ1) is 23.4. The number of hydrogen-bond donors (Lipinski definition) is 4. The fourth-order valence-corrected chi connectivity index (χ4v) is 10.9. The Balaban J connectivity index is 1.27. The van der Waals surface area contributed by atoms with Crippen molar-refractivity contribution in [1.82, 2.24) is 10.2 Å². The summed E-state index contributed by atoms with van der Waals surface area (Å²) in [5, 5.41) is 16.0. The molecule has 2 fully saturated rings. The average molecular weight is 750 g/mol. The standard InChI is InChI=1S/C37H45BrN4O6Si/c1-24-34(49(2,3)47)32(21-33(44)41(18-19-43)22-25-8-5-4-6-9-25)48-37(24)29-20-27(38)13-16-31(29)42(36(37)46)23-26-11-14-28(15-12-26)40-35(45)30-10-7-17-39-30/h4-6,8-9,11-16,20,24,30,32,34,39,43,47H,7,10,17-19,21-23H2,1-3H3,(H,40,45)/t24-,30-,32+,34-,37+/m1/s1. The van der Waals surface area contributed by atoms with Crippen molar-refractivity contribution in [2.24, 2.45) is 5.92 Å². The van der Waals surface area contributed by atoms with Crippen LogP contribution in [0.1, 0.15) is 42.9 Å². The monoisotopic (exact) mass is 748 g/mol. The van der Waals surface area contributed by atoms with Gasteiger partial charge in [-0.3, -0.25) is 14.4 Å². The number of rotatable bonds is 11. The number of carbonyl (C=O) groups excluding carboxylic acids is 3. The Morgan fingerprint density at radius 1 is 1.10 bits per heavy atom. The van der Waals surface area contributed by atoms with Gasteiger partial charge >= 0.3 is 0 Å². The minimum absolute atomic E-state index is 0.0270. The fourth-order valence-electron chi connectivity index (χ4n) is 7.94. The number of aliphatic hydroxyl groups excluding tert-OH is 1. The van der Waals surface area contributed by atoms with E-state index >= 15 is 0 Å². The number of nitrogens with one attached hydrogen (secondary N) is 2. The summed E-state index contributed by atoms with van der Waals surface area (Å²) in [4.78, 5) is 56.3. The Bertz CT molecular complexity index is 1680. The van der Waals surface area contributed by atoms with Crippen LogP contribution in [-0.4, -0.2) is 72.7 Å². The average Bonchev–Trinajstić information content (AvgIpc) is 3.76. The van der Waals surface area contributed by atoms with Crippen molar-refractivity contribution in [2.75, 3.05) is 29.9 Å². The van der Waals surface area contributed by atoms with Crippen LogP contribution >= 0.6 is 15.9 Å². The molecule has 10 nitrogen and oxygen atoms in total. The highest BCUT2D eigenvalue weighted by Crippen LogP contribution is 2.60. The number of fused-ring (bicyclic) bond motifs is 2. The number of aliphatic hydroxyl groups is 1. The predicted molar refractivity (Wildman–Crippen MR) is 194 cm³/mol. The van der Waals surface area contributed by atoms with Crippen LogP contribution in [0.2, 0.25) is 18.6 Å². The minimum atomic E-state index is -3.00. The van der Waals surface area contributed by atoms with E-state index in [0.717, 1.165) is 40.7 Å². The van der Waals surface area contributed by atoms with Gasteiger partial charge in [0.15, 0.2) is 13.9 Å². The number of nitrogens with zero attached hydrogens (tertiary/aromatic N) is 2. The van der Waals surface area contributed by atoms with Gasteiger partial charge in [-0.25, -0.2) is 0 Å². The molecule has 5 atom stereocenters. The van der Waals surface area contributed by atoms with E-state index in [2.05, 4.69) is 26.6 Å². The van der Waals surface area contributed by atoms with E-state index in [1.807, 2.05) is 92.8 Å². The number of halogens is 1. The van der Waals surface area contributed by atoms with Crippen LogP contribution < -0.4 is 15.5 Å². The largest absolute Gasteiger partial charge is 0.432 e. The third-order valence-corrected chi connectivity index (χ3v) is 13.2. The Morgan fingerprint density at radius 3 is 2.49 bits per heavy atom. The first kappa shape index (κ1) is 35.4. The predicted octanol–water partition coefficient (Wildman–Crippen LogP) is 4.90. The quantitative estimate of drug-likeness (QED) is 0.206. The number of carbonyl (C=O) groups is 3. The molecule has 49 heavy (non-hydrogen) atoms. The number of hydrogen-bond acceptors (Lipinski definition) is 7. The molecule has 2 saturated heterocycles. The third kappa shape index (κ3) is 7.13. The maximum absolute atomic E-state index is 14.8. The summed E-state index contributed by atoms with van der Waals surface area (Å²) in [6.45, 7) is 7.06. The van der Waals surface area contributed by atoms with Gasteiger partial charge in [0, 0.05) is 40.3 Å². The van der Waals surface area contributed by atoms with E-state index in [4.69, 9.17) is 4.74 Å². The molecular weight excluding hydrogens is 704 g/mol. The molecule has 3 amide bonds. The van der Waals surface area contributed by atoms with Crippen molar-refractivity contribution >= 4 is 53.3 Å². The lowest BCUT2D eigenvalue weighted by atomic mass is 9.82. The summed E-state index contributed by atoms with van der Waals surface area (Å²) in [6.07, 6.45) is 1.06. The molecule has 3 aromatic rings. The van der Waals surface area contributed by atoms with Crippen molar-refractivity contribution in [2.45, 2.75) is 75.7 Å². The lowest BCUT2D eigenvalue weighted by Crippen LogP contribution is -2.46. The summed E-state index contributed by atoms with van der Waals surface area (Å²) in [6, 6.07) is 22.6. The Morgan fingerprint density at radius 2 is 1.84 bits per heavy atom. The van der Waals surface area contributed by atoms with Crippen molar-refractivity contribution < 1.29 is 29.0 Å². The van der Waals surface area contributed by atoms with Crippen LogP contribution in [0.3, 0.4) is 0 Å². The zero-order valence-electron chi connectivity index (χ0n) is 28.2. The highest BCUT2D eigenvalue weighted by molar-refractivity contribution is 9.10. The lowest BCUT2D eigenvalue weighted by Gasteiger charge is -2.32. The molecule has 0 saturated carbocycles. The molecule has 0 radical (unpaired) electrons. The summed E-state index contributed by atoms with van der Waals surface area (Å²) in [7, 11) is -3.00. The van der Waals surface area contributed by atoms with Gasteiger partial charge in [0.05, 0.1) is 37.4 Å². The normalized spacial score (nSPS) is 24.8. The van der Waals surface area contributed by atoms with Crippen LogP contribution in [0.4, 0.5) is 11.4 Å². The van der Waals surface area contributed by atoms with Crippen molar-refractivity contribution in [3.63, 3.8) is 0 Å². The van der Waals surface area contributed by atoms with Gasteiger partial charge in [-0.1, -0.05) is 65.3 Å². The van der Waals surface area contributed by atoms with E-state index < -0.39 is 31.5 Å². The number of ether oxygens (including phenoxy) is 1. The zero-order valence-corrected chi connectivity index (χ0v) is 30.8. The van der Waals surface area contributed by atoms with Gasteiger partial charge in [-0.15, -0.1) is 0 Å². The van der Waals surface area contributed by atoms with Gasteiger partial charge in [-0.2, -0.15) is 0 Å². The van der Waals surface area contributed by atoms with Crippen molar-refractivity contribution in [3.8, 4) is 0 Å². The summed E-state index contributed by atoms with van der Waals surface area (Å²) in [5.41, 5.74) is 2.12. The second kappa shape index (κ2) is 14.5. The Hall–Kier alpha value is -3.39. The molecule has 0 bridgehead atoms. The minimum Gasteiger partial charge on any atom is -0.432 e. The van der Waals surface area contributed by atoms with E-state index in [0.29, 0.717) is 17.8 Å². The molecule has 1 spiro atoms. The van der Waals surface area contributed by atoms with Crippen molar-refractivity contribution in [3.05, 3.63) is 94.0 Å². The van der Waals surface area contributed by atoms with Gasteiger partial charge < -0.3 is 35.1 Å². The second-order valence-electron chi connectivity index (χ2n) is 14.0. The van der Waals surface area contributed by atoms with Crippen molar-refractivity contribution in [1.29, 1.82) is 0 Å². The second-order valence-corrected chi connectivity index (χ2v) is 18.9. The molecule has 260 valence electrons. The Labute approximate surface area is 297 Å². The molecule has 0 aromatic heterocycles. The lowest BCUT2D eigenvalue weighted by molar-refractivity contribution is -0.150. The fraction of sp³-hybridized carbons (Fsp3) is 0.432. The smallest absolute Gasteiger partial charge is 0.264 e. The van der Waals surface area contributed by atoms with E-state index in [9.17, 15) is 24.3 Å². The highest BCUT2D eigenvalue weighted by atomic mass is 79.9. The molecule has 12 heteroatoms. The molecule has 3 heterocycles. The van der Waals surface area contributed by atoms with Gasteiger partial charge in [0.1, 0.15) is 0 Å². The molecule has 3 aromatic carbocycles. The first-order valence-corrected chi connectivity index (χ1v) is 20.8. The molecule has 3 aliphatic rings. The molecular formula is C37H45BrN4O6Si. The number of benzene rings is 3. The van der Waals surface area contributed by atoms with E-state index in [1.54, 1.807) is 9.80 Å². The van der Waals surface area contributed by atoms with Gasteiger partial charge in [0.2, 0.25) is 11.8 Å². The van der Waals surface area contributed by atoms with Gasteiger partial charge in [-0.05, 0) is 73.9 Å². The van der Waals surface area contributed by atoms with Crippen LogP contribution in [0.25, 0.3) is 0 Å². The summed E-state index contributed by atoms with van der Waals surface area (Å²) < 4.78 is 7.68. The number of anilines is 2. The van der Waals surface area contributed by atoms with Crippen LogP contribution in [0.5, 0.6) is 0 Å². The number of amides is 3. The Kier molecular flexibility index (Phi) is 10.5. The molecule has 4 N–H and O–H groups in total. The maximum atomic E-state index is 14.8. The third-order valence-electron chi connectivity index (χ3n) is 10.2. The molecule has 3 aliphatic heterocycles. The maximum Gasteiger partial charge on any atom is 0.264 e. The summed E-state index contributed by atoms with van der Waals surface area (Å²) in [5.74, 6) is -0.911. The zero-order chi connectivity index (χ0) is 34.9. The van der Waals surface area contributed by atoms with Crippen LogP contribution in [0.15, 0.2) is 77.3 Å². The van der Waals surface area contributed by atoms with E-state index in [-0.39, 0.29) is 49.9 Å².